The minimum Gasteiger partial charge on any atom is -0.307 e. The first kappa shape index (κ1) is 32.0. The van der Waals surface area contributed by atoms with Crippen LogP contribution in [0.5, 0.6) is 0 Å². The molecule has 262 valence electrons. The van der Waals surface area contributed by atoms with Crippen molar-refractivity contribution < 1.29 is 0 Å². The van der Waals surface area contributed by atoms with Gasteiger partial charge in [-0.3, -0.25) is 0 Å². The number of benzene rings is 10. The fourth-order valence-electron chi connectivity index (χ4n) is 8.87. The van der Waals surface area contributed by atoms with E-state index in [0.29, 0.717) is 0 Å². The predicted molar refractivity (Wildman–Crippen MR) is 239 cm³/mol. The van der Waals surface area contributed by atoms with Gasteiger partial charge in [-0.2, -0.15) is 0 Å². The summed E-state index contributed by atoms with van der Waals surface area (Å²) in [7, 11) is 0. The summed E-state index contributed by atoms with van der Waals surface area (Å²) in [4.78, 5) is 2.52. The summed E-state index contributed by atoms with van der Waals surface area (Å²) in [5.41, 5.74) is 11.5. The third kappa shape index (κ3) is 5.11. The van der Waals surface area contributed by atoms with Crippen LogP contribution in [0.2, 0.25) is 0 Å². The van der Waals surface area contributed by atoms with Crippen molar-refractivity contribution in [2.45, 2.75) is 0 Å². The fraction of sp³-hybridized carbons (Fsp3) is 0. The number of nitrogens with zero attached hydrogens (tertiary/aromatic N) is 2. The SMILES string of the molecule is c1ccc(-n2c3ccccc3c3ccccc32)c(N(c2cc(-c3cccc4ccccc34)ccc2-c2cccc3ccccc23)c2cccc3ccccc23)c1. The van der Waals surface area contributed by atoms with Crippen molar-refractivity contribution in [1.82, 2.24) is 4.57 Å². The lowest BCUT2D eigenvalue weighted by Crippen LogP contribution is -2.15. The third-order valence-electron chi connectivity index (χ3n) is 11.4. The first-order valence-electron chi connectivity index (χ1n) is 19.3. The highest BCUT2D eigenvalue weighted by atomic mass is 15.2. The molecule has 0 aliphatic rings. The van der Waals surface area contributed by atoms with Crippen molar-refractivity contribution in [3.8, 4) is 27.9 Å². The van der Waals surface area contributed by atoms with E-state index in [9.17, 15) is 0 Å². The Morgan fingerprint density at radius 3 is 1.43 bits per heavy atom. The van der Waals surface area contributed by atoms with E-state index in [1.807, 2.05) is 0 Å². The molecule has 11 aromatic rings. The lowest BCUT2D eigenvalue weighted by molar-refractivity contribution is 1.15. The van der Waals surface area contributed by atoms with E-state index in [4.69, 9.17) is 0 Å². The average Bonchev–Trinajstić information content (AvgIpc) is 3.61. The fourth-order valence-corrected chi connectivity index (χ4v) is 8.87. The molecular formula is C54H36N2. The van der Waals surface area contributed by atoms with Gasteiger partial charge in [0.25, 0.3) is 0 Å². The van der Waals surface area contributed by atoms with Crippen LogP contribution in [0.1, 0.15) is 0 Å². The van der Waals surface area contributed by atoms with Gasteiger partial charge in [0.05, 0.1) is 33.8 Å². The van der Waals surface area contributed by atoms with Gasteiger partial charge in [0.1, 0.15) is 0 Å². The van der Waals surface area contributed by atoms with Gasteiger partial charge in [0.2, 0.25) is 0 Å². The molecule has 0 fully saturated rings. The highest BCUT2D eigenvalue weighted by molar-refractivity contribution is 6.11. The maximum atomic E-state index is 2.52. The number of para-hydroxylation sites is 4. The minimum atomic E-state index is 1.09. The van der Waals surface area contributed by atoms with Crippen molar-refractivity contribution in [2.24, 2.45) is 0 Å². The first-order valence-corrected chi connectivity index (χ1v) is 19.3. The van der Waals surface area contributed by atoms with Gasteiger partial charge >= 0.3 is 0 Å². The molecule has 11 rings (SSSR count). The summed E-state index contributed by atoms with van der Waals surface area (Å²) in [5.74, 6) is 0. The van der Waals surface area contributed by atoms with Crippen LogP contribution in [0.4, 0.5) is 17.1 Å². The summed E-state index contributed by atoms with van der Waals surface area (Å²) < 4.78 is 2.45. The molecule has 0 atom stereocenters. The minimum absolute atomic E-state index is 1.09. The lowest BCUT2D eigenvalue weighted by atomic mass is 9.92. The molecule has 0 N–H and O–H groups in total. The van der Waals surface area contributed by atoms with Crippen LogP contribution < -0.4 is 4.90 Å². The monoisotopic (exact) mass is 712 g/mol. The number of hydrogen-bond acceptors (Lipinski definition) is 1. The van der Waals surface area contributed by atoms with Gasteiger partial charge < -0.3 is 9.47 Å². The van der Waals surface area contributed by atoms with Gasteiger partial charge in [-0.05, 0) is 80.0 Å². The van der Waals surface area contributed by atoms with E-state index in [1.165, 1.54) is 70.8 Å². The van der Waals surface area contributed by atoms with E-state index in [2.05, 4.69) is 228 Å². The highest BCUT2D eigenvalue weighted by Gasteiger charge is 2.25. The Morgan fingerprint density at radius 1 is 0.286 bits per heavy atom. The normalized spacial score (nSPS) is 11.6. The second-order valence-corrected chi connectivity index (χ2v) is 14.5. The number of aromatic nitrogens is 1. The van der Waals surface area contributed by atoms with Crippen LogP contribution in [-0.2, 0) is 0 Å². The van der Waals surface area contributed by atoms with Gasteiger partial charge in [-0.1, -0.05) is 182 Å². The molecule has 2 heteroatoms. The lowest BCUT2D eigenvalue weighted by Gasteiger charge is -2.32. The molecule has 0 amide bonds. The molecular weight excluding hydrogens is 677 g/mol. The maximum absolute atomic E-state index is 2.52. The topological polar surface area (TPSA) is 8.17 Å². The van der Waals surface area contributed by atoms with Crippen LogP contribution in [-0.4, -0.2) is 4.57 Å². The predicted octanol–water partition coefficient (Wildman–Crippen LogP) is 15.0. The van der Waals surface area contributed by atoms with Crippen LogP contribution in [0.3, 0.4) is 0 Å². The second-order valence-electron chi connectivity index (χ2n) is 14.5. The zero-order valence-corrected chi connectivity index (χ0v) is 30.7. The summed E-state index contributed by atoms with van der Waals surface area (Å²) >= 11 is 0. The number of fused-ring (bicyclic) bond motifs is 6. The number of anilines is 3. The van der Waals surface area contributed by atoms with E-state index >= 15 is 0 Å². The molecule has 0 aliphatic heterocycles. The van der Waals surface area contributed by atoms with E-state index in [-0.39, 0.29) is 0 Å². The Bertz CT molecular complexity index is 3210. The van der Waals surface area contributed by atoms with Crippen molar-refractivity contribution in [3.63, 3.8) is 0 Å². The van der Waals surface area contributed by atoms with Crippen molar-refractivity contribution in [2.75, 3.05) is 4.90 Å². The summed E-state index contributed by atoms with van der Waals surface area (Å²) in [6.45, 7) is 0. The van der Waals surface area contributed by atoms with Crippen molar-refractivity contribution in [3.05, 3.63) is 218 Å². The number of hydrogen-bond donors (Lipinski definition) is 0. The van der Waals surface area contributed by atoms with Crippen LogP contribution in [0.15, 0.2) is 218 Å². The van der Waals surface area contributed by atoms with Gasteiger partial charge in [-0.25, -0.2) is 0 Å². The Morgan fingerprint density at radius 2 is 0.750 bits per heavy atom. The molecule has 10 aromatic carbocycles. The second kappa shape index (κ2) is 13.2. The summed E-state index contributed by atoms with van der Waals surface area (Å²) in [6.07, 6.45) is 0. The maximum Gasteiger partial charge on any atom is 0.0702 e. The molecule has 2 nitrogen and oxygen atoms in total. The smallest absolute Gasteiger partial charge is 0.0702 e. The van der Waals surface area contributed by atoms with Gasteiger partial charge in [0, 0.05) is 21.7 Å². The molecule has 0 saturated heterocycles. The number of rotatable bonds is 6. The van der Waals surface area contributed by atoms with E-state index in [0.717, 1.165) is 28.3 Å². The quantitative estimate of drug-likeness (QED) is 0.167. The molecule has 0 bridgehead atoms. The summed E-state index contributed by atoms with van der Waals surface area (Å²) in [5, 5.41) is 9.77. The molecule has 0 spiro atoms. The van der Waals surface area contributed by atoms with Gasteiger partial charge in [0.15, 0.2) is 0 Å². The van der Waals surface area contributed by atoms with E-state index in [1.54, 1.807) is 0 Å². The molecule has 0 radical (unpaired) electrons. The molecule has 0 aliphatic carbocycles. The van der Waals surface area contributed by atoms with Crippen LogP contribution >= 0.6 is 0 Å². The van der Waals surface area contributed by atoms with Crippen molar-refractivity contribution in [1.29, 1.82) is 0 Å². The molecule has 0 unspecified atom stereocenters. The van der Waals surface area contributed by atoms with Crippen molar-refractivity contribution >= 4 is 71.2 Å². The molecule has 56 heavy (non-hydrogen) atoms. The van der Waals surface area contributed by atoms with Crippen LogP contribution in [0.25, 0.3) is 82.1 Å². The Hall–Kier alpha value is -7.42. The van der Waals surface area contributed by atoms with Crippen LogP contribution in [0, 0.1) is 0 Å². The Balaban J connectivity index is 1.28. The molecule has 1 heterocycles. The third-order valence-corrected chi connectivity index (χ3v) is 11.4. The van der Waals surface area contributed by atoms with Gasteiger partial charge in [-0.15, -0.1) is 0 Å². The first-order chi connectivity index (χ1) is 27.8. The Labute approximate surface area is 325 Å². The standard InChI is InChI=1S/C54H36N2/c1-4-22-41-37(16-1)19-13-27-43(41)40-34-35-48(45-28-14-20-38-17-2-5-23-42(38)45)54(36-40)56(49-33-15-21-39-18-3-6-24-44(39)49)53-32-12-11-31-52(53)55-50-29-9-7-25-46(50)47-26-8-10-30-51(47)55/h1-36H. The molecule has 0 saturated carbocycles. The largest absolute Gasteiger partial charge is 0.307 e. The zero-order chi connectivity index (χ0) is 37.0. The summed E-state index contributed by atoms with van der Waals surface area (Å²) in [6, 6.07) is 79.7. The zero-order valence-electron chi connectivity index (χ0n) is 30.7. The molecule has 1 aromatic heterocycles. The van der Waals surface area contributed by atoms with E-state index < -0.39 is 0 Å². The average molecular weight is 713 g/mol. The Kier molecular flexibility index (Phi) is 7.53. The highest BCUT2D eigenvalue weighted by Crippen LogP contribution is 2.49.